The topological polar surface area (TPSA) is 74.6 Å². The van der Waals surface area contributed by atoms with Crippen LogP contribution in [0.2, 0.25) is 0 Å². The molecule has 54 valence electrons. The molecule has 0 aromatic carbocycles. The predicted octanol–water partition coefficient (Wildman–Crippen LogP) is -0.204. The van der Waals surface area contributed by atoms with Crippen LogP contribution in [0.5, 0.6) is 0 Å². The Kier molecular flexibility index (Phi) is 3.70. The Balaban J connectivity index is 3.58. The standard InChI is InChI=1S/C4H9O4P/c5-2-1-3-9(7,8)4-6/h2,6H,1,3-4H2,(H,7,8). The van der Waals surface area contributed by atoms with Crippen molar-refractivity contribution in [3.8, 4) is 0 Å². The Hall–Kier alpha value is -0.180. The predicted molar refractivity (Wildman–Crippen MR) is 32.5 cm³/mol. The molecule has 0 amide bonds. The van der Waals surface area contributed by atoms with Crippen LogP contribution >= 0.6 is 7.37 Å². The fourth-order valence-electron chi connectivity index (χ4n) is 0.325. The summed E-state index contributed by atoms with van der Waals surface area (Å²) in [7, 11) is -3.37. The molecule has 0 aromatic heterocycles. The highest BCUT2D eigenvalue weighted by molar-refractivity contribution is 7.57. The van der Waals surface area contributed by atoms with Crippen LogP contribution in [0.1, 0.15) is 6.42 Å². The van der Waals surface area contributed by atoms with Gasteiger partial charge < -0.3 is 14.8 Å². The summed E-state index contributed by atoms with van der Waals surface area (Å²) >= 11 is 0. The van der Waals surface area contributed by atoms with E-state index in [0.29, 0.717) is 6.29 Å². The summed E-state index contributed by atoms with van der Waals surface area (Å²) in [6.45, 7) is 0. The van der Waals surface area contributed by atoms with Gasteiger partial charge in [0, 0.05) is 12.6 Å². The van der Waals surface area contributed by atoms with Gasteiger partial charge in [-0.25, -0.2) is 0 Å². The van der Waals surface area contributed by atoms with Gasteiger partial charge in [-0.15, -0.1) is 0 Å². The second-order valence-corrected chi connectivity index (χ2v) is 4.09. The van der Waals surface area contributed by atoms with Crippen LogP contribution in [0.3, 0.4) is 0 Å². The maximum atomic E-state index is 10.5. The minimum absolute atomic E-state index is 0.0360. The van der Waals surface area contributed by atoms with Gasteiger partial charge in [0.15, 0.2) is 0 Å². The molecule has 0 rings (SSSR count). The highest BCUT2D eigenvalue weighted by Gasteiger charge is 2.14. The minimum Gasteiger partial charge on any atom is -0.386 e. The van der Waals surface area contributed by atoms with Gasteiger partial charge in [0.25, 0.3) is 0 Å². The lowest BCUT2D eigenvalue weighted by molar-refractivity contribution is -0.107. The number of carbonyl (C=O) groups is 1. The third kappa shape index (κ3) is 4.33. The van der Waals surface area contributed by atoms with Crippen LogP contribution in [0, 0.1) is 0 Å². The van der Waals surface area contributed by atoms with Crippen molar-refractivity contribution in [2.45, 2.75) is 6.42 Å². The van der Waals surface area contributed by atoms with Gasteiger partial charge in [0.1, 0.15) is 12.6 Å². The van der Waals surface area contributed by atoms with E-state index < -0.39 is 13.7 Å². The Bertz CT molecular complexity index is 133. The minimum atomic E-state index is -3.37. The van der Waals surface area contributed by atoms with Gasteiger partial charge >= 0.3 is 0 Å². The second-order valence-electron chi connectivity index (χ2n) is 1.67. The zero-order chi connectivity index (χ0) is 7.33. The number of aldehydes is 1. The number of aliphatic hydroxyl groups is 1. The molecule has 2 N–H and O–H groups in total. The molecule has 4 nitrogen and oxygen atoms in total. The first-order valence-corrected chi connectivity index (χ1v) is 4.51. The first-order valence-electron chi connectivity index (χ1n) is 2.48. The molecular weight excluding hydrogens is 143 g/mol. The van der Waals surface area contributed by atoms with Gasteiger partial charge in [-0.2, -0.15) is 0 Å². The molecule has 0 bridgehead atoms. The average molecular weight is 152 g/mol. The molecule has 1 unspecified atom stereocenters. The summed E-state index contributed by atoms with van der Waals surface area (Å²) in [6, 6.07) is 0. The zero-order valence-electron chi connectivity index (χ0n) is 4.86. The van der Waals surface area contributed by atoms with Crippen LogP contribution in [0.4, 0.5) is 0 Å². The van der Waals surface area contributed by atoms with E-state index in [1.54, 1.807) is 0 Å². The van der Waals surface area contributed by atoms with E-state index in [1.165, 1.54) is 0 Å². The number of carbonyl (C=O) groups excluding carboxylic acids is 1. The number of hydrogen-bond acceptors (Lipinski definition) is 3. The molecule has 0 saturated carbocycles. The molecule has 0 heterocycles. The smallest absolute Gasteiger partial charge is 0.225 e. The van der Waals surface area contributed by atoms with E-state index in [2.05, 4.69) is 0 Å². The molecular formula is C4H9O4P. The number of rotatable bonds is 4. The first kappa shape index (κ1) is 8.82. The third-order valence-electron chi connectivity index (χ3n) is 0.817. The van der Waals surface area contributed by atoms with Crippen molar-refractivity contribution in [3.63, 3.8) is 0 Å². The molecule has 1 atom stereocenters. The van der Waals surface area contributed by atoms with Gasteiger partial charge in [0.2, 0.25) is 7.37 Å². The molecule has 0 aliphatic rings. The normalized spacial score (nSPS) is 16.7. The fourth-order valence-corrected chi connectivity index (χ4v) is 0.975. The lowest BCUT2D eigenvalue weighted by atomic mass is 10.6. The number of aliphatic hydroxyl groups excluding tert-OH is 1. The van der Waals surface area contributed by atoms with E-state index >= 15 is 0 Å². The largest absolute Gasteiger partial charge is 0.386 e. The first-order chi connectivity index (χ1) is 4.12. The maximum absolute atomic E-state index is 10.5. The van der Waals surface area contributed by atoms with E-state index in [4.69, 9.17) is 10.00 Å². The molecule has 0 saturated heterocycles. The highest BCUT2D eigenvalue weighted by Crippen LogP contribution is 2.38. The second kappa shape index (κ2) is 3.77. The van der Waals surface area contributed by atoms with Crippen molar-refractivity contribution < 1.29 is 19.4 Å². The summed E-state index contributed by atoms with van der Waals surface area (Å²) in [6.07, 6.45) is -0.263. The maximum Gasteiger partial charge on any atom is 0.225 e. The van der Waals surface area contributed by atoms with Crippen LogP contribution in [0.15, 0.2) is 0 Å². The quantitative estimate of drug-likeness (QED) is 0.432. The molecule has 5 heteroatoms. The van der Waals surface area contributed by atoms with Crippen molar-refractivity contribution in [1.29, 1.82) is 0 Å². The Morgan fingerprint density at radius 2 is 2.11 bits per heavy atom. The molecule has 9 heavy (non-hydrogen) atoms. The summed E-state index contributed by atoms with van der Waals surface area (Å²) < 4.78 is 10.5. The van der Waals surface area contributed by atoms with E-state index in [-0.39, 0.29) is 12.6 Å². The molecule has 0 fully saturated rings. The van der Waals surface area contributed by atoms with Crippen molar-refractivity contribution >= 4 is 13.7 Å². The van der Waals surface area contributed by atoms with Crippen LogP contribution in [-0.4, -0.2) is 28.8 Å². The monoisotopic (exact) mass is 152 g/mol. The SMILES string of the molecule is O=CCCP(=O)(O)CO. The van der Waals surface area contributed by atoms with Crippen molar-refractivity contribution in [3.05, 3.63) is 0 Å². The summed E-state index contributed by atoms with van der Waals surface area (Å²) in [5.41, 5.74) is 0. The zero-order valence-corrected chi connectivity index (χ0v) is 5.75. The lowest BCUT2D eigenvalue weighted by Crippen LogP contribution is -1.93. The van der Waals surface area contributed by atoms with Crippen molar-refractivity contribution in [1.82, 2.24) is 0 Å². The average Bonchev–Trinajstić information content (AvgIpc) is 1.84. The Labute approximate surface area is 53.0 Å². The summed E-state index contributed by atoms with van der Waals surface area (Å²) in [4.78, 5) is 18.3. The van der Waals surface area contributed by atoms with Crippen LogP contribution in [0.25, 0.3) is 0 Å². The molecule has 0 aliphatic carbocycles. The Morgan fingerprint density at radius 1 is 1.56 bits per heavy atom. The van der Waals surface area contributed by atoms with Gasteiger partial charge in [-0.3, -0.25) is 4.57 Å². The van der Waals surface area contributed by atoms with Gasteiger partial charge in [-0.05, 0) is 0 Å². The Morgan fingerprint density at radius 3 is 2.44 bits per heavy atom. The number of hydrogen-bond donors (Lipinski definition) is 2. The molecule has 0 aromatic rings. The lowest BCUT2D eigenvalue weighted by Gasteiger charge is -2.02. The fraction of sp³-hybridized carbons (Fsp3) is 0.750. The van der Waals surface area contributed by atoms with Crippen LogP contribution < -0.4 is 0 Å². The van der Waals surface area contributed by atoms with E-state index in [0.717, 1.165) is 0 Å². The van der Waals surface area contributed by atoms with Crippen molar-refractivity contribution in [2.24, 2.45) is 0 Å². The van der Waals surface area contributed by atoms with Crippen molar-refractivity contribution in [2.75, 3.05) is 12.5 Å². The molecule has 0 aliphatic heterocycles. The van der Waals surface area contributed by atoms with E-state index in [9.17, 15) is 9.36 Å². The molecule has 0 radical (unpaired) electrons. The van der Waals surface area contributed by atoms with Gasteiger partial charge in [-0.1, -0.05) is 0 Å². The van der Waals surface area contributed by atoms with E-state index in [1.807, 2.05) is 0 Å². The van der Waals surface area contributed by atoms with Crippen LogP contribution in [-0.2, 0) is 9.36 Å². The summed E-state index contributed by atoms with van der Waals surface area (Å²) in [5, 5.41) is 8.19. The third-order valence-corrected chi connectivity index (χ3v) is 2.22. The summed E-state index contributed by atoms with van der Waals surface area (Å²) in [5.74, 6) is 0. The molecule has 0 spiro atoms. The van der Waals surface area contributed by atoms with Gasteiger partial charge in [0.05, 0.1) is 0 Å². The highest BCUT2D eigenvalue weighted by atomic mass is 31.2.